The van der Waals surface area contributed by atoms with Gasteiger partial charge in [0.1, 0.15) is 5.76 Å². The molecule has 0 aliphatic heterocycles. The molecule has 2 nitrogen and oxygen atoms in total. The summed E-state index contributed by atoms with van der Waals surface area (Å²) in [6, 6.07) is 0. The minimum atomic E-state index is -1.58. The van der Waals surface area contributed by atoms with Gasteiger partial charge in [-0.25, -0.2) is 0 Å². The van der Waals surface area contributed by atoms with E-state index in [0.29, 0.717) is 10.8 Å². The summed E-state index contributed by atoms with van der Waals surface area (Å²) in [4.78, 5) is 0. The molecule has 0 bridgehead atoms. The quantitative estimate of drug-likeness (QED) is 0.179. The second-order valence-corrected chi connectivity index (χ2v) is 12.0. The van der Waals surface area contributed by atoms with E-state index >= 15 is 0 Å². The SMILES string of the molecule is C=C(CCC#CCCCCO[Si](C)(C)C(C)(C)C)C(=C)OC. The van der Waals surface area contributed by atoms with Gasteiger partial charge in [-0.1, -0.05) is 33.9 Å². The van der Waals surface area contributed by atoms with Gasteiger partial charge in [0.25, 0.3) is 0 Å². The highest BCUT2D eigenvalue weighted by Gasteiger charge is 2.36. The molecule has 22 heavy (non-hydrogen) atoms. The number of rotatable bonds is 9. The minimum absolute atomic E-state index is 0.293. The lowest BCUT2D eigenvalue weighted by molar-refractivity contribution is 0.280. The van der Waals surface area contributed by atoms with Crippen molar-refractivity contribution in [1.29, 1.82) is 0 Å². The summed E-state index contributed by atoms with van der Waals surface area (Å²) in [5, 5.41) is 0.293. The van der Waals surface area contributed by atoms with Gasteiger partial charge in [-0.15, -0.1) is 11.8 Å². The highest BCUT2D eigenvalue weighted by Crippen LogP contribution is 2.36. The number of hydrogen-bond donors (Lipinski definition) is 0. The van der Waals surface area contributed by atoms with Gasteiger partial charge in [0.15, 0.2) is 8.32 Å². The van der Waals surface area contributed by atoms with Gasteiger partial charge in [0, 0.05) is 19.4 Å². The summed E-state index contributed by atoms with van der Waals surface area (Å²) in [5.41, 5.74) is 0.930. The minimum Gasteiger partial charge on any atom is -0.497 e. The van der Waals surface area contributed by atoms with Crippen LogP contribution in [0.3, 0.4) is 0 Å². The third-order valence-corrected chi connectivity index (χ3v) is 8.82. The maximum atomic E-state index is 6.15. The summed E-state index contributed by atoms with van der Waals surface area (Å²) in [7, 11) is 0.0371. The van der Waals surface area contributed by atoms with E-state index in [1.165, 1.54) is 0 Å². The molecule has 0 radical (unpaired) electrons. The number of ether oxygens (including phenoxy) is 1. The van der Waals surface area contributed by atoms with E-state index in [9.17, 15) is 0 Å². The second kappa shape index (κ2) is 9.92. The van der Waals surface area contributed by atoms with E-state index in [1.807, 2.05) is 0 Å². The normalized spacial score (nSPS) is 11.5. The van der Waals surface area contributed by atoms with Gasteiger partial charge in [-0.2, -0.15) is 0 Å². The van der Waals surface area contributed by atoms with Gasteiger partial charge in [0.05, 0.1) is 7.11 Å². The van der Waals surface area contributed by atoms with Crippen LogP contribution in [0.4, 0.5) is 0 Å². The summed E-state index contributed by atoms with van der Waals surface area (Å²) in [6.07, 6.45) is 4.79. The first-order chi connectivity index (χ1) is 10.1. The fourth-order valence-corrected chi connectivity index (χ4v) is 2.62. The summed E-state index contributed by atoms with van der Waals surface area (Å²) in [5.74, 6) is 7.06. The first kappa shape index (κ1) is 21.0. The maximum absolute atomic E-state index is 6.15. The Kier molecular flexibility index (Phi) is 9.47. The third-order valence-electron chi connectivity index (χ3n) is 4.28. The molecule has 0 spiro atoms. The van der Waals surface area contributed by atoms with Gasteiger partial charge < -0.3 is 9.16 Å². The Labute approximate surface area is 139 Å². The van der Waals surface area contributed by atoms with Crippen molar-refractivity contribution < 1.29 is 9.16 Å². The average Bonchev–Trinajstić information content (AvgIpc) is 2.42. The molecule has 3 heteroatoms. The molecule has 0 saturated heterocycles. The molecule has 0 unspecified atom stereocenters. The molecule has 0 aliphatic rings. The number of unbranched alkanes of at least 4 members (excludes halogenated alkanes) is 2. The van der Waals surface area contributed by atoms with Crippen molar-refractivity contribution in [3.8, 4) is 11.8 Å². The Morgan fingerprint density at radius 3 is 2.18 bits per heavy atom. The smallest absolute Gasteiger partial charge is 0.191 e. The van der Waals surface area contributed by atoms with Crippen LogP contribution >= 0.6 is 0 Å². The Morgan fingerprint density at radius 1 is 1.05 bits per heavy atom. The fraction of sp³-hybridized carbons (Fsp3) is 0.684. The Morgan fingerprint density at radius 2 is 1.64 bits per heavy atom. The lowest BCUT2D eigenvalue weighted by Gasteiger charge is -2.36. The lowest BCUT2D eigenvalue weighted by Crippen LogP contribution is -2.40. The van der Waals surface area contributed by atoms with Crippen LogP contribution in [0.15, 0.2) is 24.5 Å². The first-order valence-electron chi connectivity index (χ1n) is 8.12. The lowest BCUT2D eigenvalue weighted by atomic mass is 10.1. The third kappa shape index (κ3) is 8.46. The Hall–Kier alpha value is -0.983. The zero-order valence-electron chi connectivity index (χ0n) is 15.5. The molecule has 126 valence electrons. The molecule has 0 N–H and O–H groups in total. The predicted molar refractivity (Wildman–Crippen MR) is 99.3 cm³/mol. The molecule has 0 aliphatic carbocycles. The van der Waals surface area contributed by atoms with Crippen LogP contribution in [0.25, 0.3) is 0 Å². The van der Waals surface area contributed by atoms with E-state index in [1.54, 1.807) is 7.11 Å². The molecular weight excluding hydrogens is 288 g/mol. The van der Waals surface area contributed by atoms with Crippen molar-refractivity contribution >= 4 is 8.32 Å². The standard InChI is InChI=1S/C19H34O2Si/c1-17(18(2)20-6)15-13-11-9-10-12-14-16-21-22(7,8)19(3,4)5/h1-2,10,12-16H2,3-8H3. The zero-order chi connectivity index (χ0) is 17.2. The van der Waals surface area contributed by atoms with Gasteiger partial charge in [0.2, 0.25) is 0 Å². The highest BCUT2D eigenvalue weighted by molar-refractivity contribution is 6.74. The molecule has 0 saturated carbocycles. The van der Waals surface area contributed by atoms with Crippen molar-refractivity contribution in [1.82, 2.24) is 0 Å². The van der Waals surface area contributed by atoms with E-state index in [2.05, 4.69) is 58.9 Å². The van der Waals surface area contributed by atoms with Crippen LogP contribution < -0.4 is 0 Å². The molecule has 0 fully saturated rings. The summed E-state index contributed by atoms with van der Waals surface area (Å²) in [6.45, 7) is 20.0. The molecule has 0 aromatic carbocycles. The largest absolute Gasteiger partial charge is 0.497 e. The second-order valence-electron chi connectivity index (χ2n) is 7.15. The van der Waals surface area contributed by atoms with Crippen LogP contribution in [0.5, 0.6) is 0 Å². The van der Waals surface area contributed by atoms with E-state index in [-0.39, 0.29) is 0 Å². The summed E-state index contributed by atoms with van der Waals surface area (Å²) >= 11 is 0. The van der Waals surface area contributed by atoms with Crippen molar-refractivity contribution in [2.75, 3.05) is 13.7 Å². The highest BCUT2D eigenvalue weighted by atomic mass is 28.4. The molecule has 0 aromatic heterocycles. The zero-order valence-corrected chi connectivity index (χ0v) is 16.5. The van der Waals surface area contributed by atoms with E-state index in [0.717, 1.165) is 44.3 Å². The van der Waals surface area contributed by atoms with Crippen LogP contribution in [0.1, 0.15) is 52.9 Å². The Bertz CT molecular complexity index is 419. The average molecular weight is 323 g/mol. The fourth-order valence-electron chi connectivity index (χ4n) is 1.53. The number of hydrogen-bond acceptors (Lipinski definition) is 2. The van der Waals surface area contributed by atoms with E-state index < -0.39 is 8.32 Å². The first-order valence-corrected chi connectivity index (χ1v) is 11.0. The van der Waals surface area contributed by atoms with Crippen LogP contribution in [0.2, 0.25) is 18.1 Å². The van der Waals surface area contributed by atoms with Crippen molar-refractivity contribution in [2.45, 2.75) is 71.0 Å². The van der Waals surface area contributed by atoms with Crippen molar-refractivity contribution in [3.63, 3.8) is 0 Å². The van der Waals surface area contributed by atoms with Gasteiger partial charge in [-0.3, -0.25) is 0 Å². The van der Waals surface area contributed by atoms with E-state index in [4.69, 9.17) is 9.16 Å². The molecule has 0 aromatic rings. The molecular formula is C19H34O2Si. The molecule has 0 amide bonds. The predicted octanol–water partition coefficient (Wildman–Crippen LogP) is 5.68. The van der Waals surface area contributed by atoms with Crippen molar-refractivity contribution in [3.05, 3.63) is 24.5 Å². The number of allylic oxidation sites excluding steroid dienone is 1. The van der Waals surface area contributed by atoms with Gasteiger partial charge in [-0.05, 0) is 43.0 Å². The monoisotopic (exact) mass is 322 g/mol. The van der Waals surface area contributed by atoms with Crippen molar-refractivity contribution in [2.24, 2.45) is 0 Å². The molecule has 0 atom stereocenters. The number of methoxy groups -OCH3 is 1. The molecule has 0 heterocycles. The van der Waals surface area contributed by atoms with Crippen LogP contribution in [-0.2, 0) is 9.16 Å². The van der Waals surface area contributed by atoms with Crippen LogP contribution in [0, 0.1) is 11.8 Å². The maximum Gasteiger partial charge on any atom is 0.191 e. The van der Waals surface area contributed by atoms with Gasteiger partial charge >= 0.3 is 0 Å². The summed E-state index contributed by atoms with van der Waals surface area (Å²) < 4.78 is 11.2. The molecule has 0 rings (SSSR count). The topological polar surface area (TPSA) is 18.5 Å². The van der Waals surface area contributed by atoms with Crippen LogP contribution in [-0.4, -0.2) is 22.0 Å². The Balaban J connectivity index is 3.74.